The first-order valence-electron chi connectivity index (χ1n) is 3.96. The maximum atomic E-state index is 8.78. The molecule has 0 bridgehead atoms. The Morgan fingerprint density at radius 2 is 1.67 bits per heavy atom. The normalized spacial score (nSPS) is 31.2. The lowest BCUT2D eigenvalue weighted by molar-refractivity contribution is -0.242. The highest BCUT2D eigenvalue weighted by molar-refractivity contribution is 4.73. The summed E-state index contributed by atoms with van der Waals surface area (Å²) in [7, 11) is 0. The van der Waals surface area contributed by atoms with E-state index < -0.39 is 18.7 Å². The van der Waals surface area contributed by atoms with Gasteiger partial charge in [-0.05, 0) is 6.92 Å². The third-order valence-corrected chi connectivity index (χ3v) is 1.65. The fraction of sp³-hybridized carbons (Fsp3) is 1.00. The van der Waals surface area contributed by atoms with Gasteiger partial charge in [-0.2, -0.15) is 0 Å². The molecular formula is C7H14O5. The van der Waals surface area contributed by atoms with E-state index in [1.807, 2.05) is 6.92 Å². The zero-order valence-electron chi connectivity index (χ0n) is 6.97. The molecule has 0 spiro atoms. The van der Waals surface area contributed by atoms with E-state index in [9.17, 15) is 0 Å². The zero-order chi connectivity index (χ0) is 8.97. The molecule has 0 aromatic carbocycles. The fourth-order valence-corrected chi connectivity index (χ4v) is 1.03. The molecule has 0 radical (unpaired) electrons. The lowest BCUT2D eigenvalue weighted by Crippen LogP contribution is -2.29. The topological polar surface area (TPSA) is 68.2 Å². The van der Waals surface area contributed by atoms with Crippen molar-refractivity contribution in [2.24, 2.45) is 0 Å². The van der Waals surface area contributed by atoms with Gasteiger partial charge in [-0.1, -0.05) is 0 Å². The van der Waals surface area contributed by atoms with Gasteiger partial charge in [0.05, 0.1) is 13.2 Å². The highest BCUT2D eigenvalue weighted by atomic mass is 16.9. The van der Waals surface area contributed by atoms with Gasteiger partial charge >= 0.3 is 0 Å². The van der Waals surface area contributed by atoms with Gasteiger partial charge in [0.1, 0.15) is 12.2 Å². The second-order valence-electron chi connectivity index (χ2n) is 2.46. The van der Waals surface area contributed by atoms with Crippen LogP contribution in [0.1, 0.15) is 6.92 Å². The van der Waals surface area contributed by atoms with E-state index in [4.69, 9.17) is 24.4 Å². The Morgan fingerprint density at radius 3 is 2.00 bits per heavy atom. The van der Waals surface area contributed by atoms with E-state index in [0.29, 0.717) is 6.61 Å². The highest BCUT2D eigenvalue weighted by Gasteiger charge is 2.35. The number of hydrogen-bond acceptors (Lipinski definition) is 5. The van der Waals surface area contributed by atoms with E-state index in [0.717, 1.165) is 0 Å². The van der Waals surface area contributed by atoms with Crippen LogP contribution in [-0.4, -0.2) is 48.7 Å². The highest BCUT2D eigenvalue weighted by Crippen LogP contribution is 2.19. The average Bonchev–Trinajstić information content (AvgIpc) is 2.48. The lowest BCUT2D eigenvalue weighted by Gasteiger charge is -2.09. The molecule has 72 valence electrons. The van der Waals surface area contributed by atoms with Crippen LogP contribution in [0.2, 0.25) is 0 Å². The van der Waals surface area contributed by atoms with Crippen LogP contribution in [0.4, 0.5) is 0 Å². The Morgan fingerprint density at radius 1 is 1.17 bits per heavy atom. The third-order valence-electron chi connectivity index (χ3n) is 1.65. The van der Waals surface area contributed by atoms with Gasteiger partial charge < -0.3 is 24.4 Å². The fourth-order valence-electron chi connectivity index (χ4n) is 1.03. The second-order valence-corrected chi connectivity index (χ2v) is 2.46. The molecule has 12 heavy (non-hydrogen) atoms. The van der Waals surface area contributed by atoms with Crippen LogP contribution < -0.4 is 0 Å². The first-order chi connectivity index (χ1) is 5.81. The van der Waals surface area contributed by atoms with Crippen LogP contribution in [-0.2, 0) is 14.2 Å². The summed E-state index contributed by atoms with van der Waals surface area (Å²) in [5, 5.41) is 17.6. The summed E-state index contributed by atoms with van der Waals surface area (Å²) in [6.45, 7) is 1.20. The van der Waals surface area contributed by atoms with Crippen molar-refractivity contribution in [1.82, 2.24) is 0 Å². The Hall–Kier alpha value is -0.200. The molecule has 1 saturated heterocycles. The van der Waals surface area contributed by atoms with Crippen molar-refractivity contribution >= 4 is 0 Å². The minimum atomic E-state index is -0.746. The van der Waals surface area contributed by atoms with Gasteiger partial charge in [-0.15, -0.1) is 0 Å². The second kappa shape index (κ2) is 4.74. The van der Waals surface area contributed by atoms with Gasteiger partial charge in [-0.3, -0.25) is 0 Å². The van der Waals surface area contributed by atoms with Crippen molar-refractivity contribution in [3.63, 3.8) is 0 Å². The quantitative estimate of drug-likeness (QED) is 0.582. The van der Waals surface area contributed by atoms with Crippen molar-refractivity contribution in [3.8, 4) is 0 Å². The molecule has 1 fully saturated rings. The van der Waals surface area contributed by atoms with Gasteiger partial charge in [0.15, 0.2) is 0 Å². The SMILES string of the molecule is CCOC1O[C@H](CO)[C@@H](CO)O1. The van der Waals surface area contributed by atoms with E-state index >= 15 is 0 Å². The van der Waals surface area contributed by atoms with E-state index in [1.165, 1.54) is 0 Å². The summed E-state index contributed by atoms with van der Waals surface area (Å²) in [5.41, 5.74) is 0. The van der Waals surface area contributed by atoms with Crippen LogP contribution in [0.15, 0.2) is 0 Å². The Balaban J connectivity index is 2.36. The maximum Gasteiger partial charge on any atom is 0.272 e. The van der Waals surface area contributed by atoms with E-state index in [1.54, 1.807) is 0 Å². The largest absolute Gasteiger partial charge is 0.394 e. The molecule has 2 atom stereocenters. The van der Waals surface area contributed by atoms with Crippen molar-refractivity contribution < 1.29 is 24.4 Å². The molecule has 0 aliphatic carbocycles. The summed E-state index contributed by atoms with van der Waals surface area (Å²) >= 11 is 0. The summed E-state index contributed by atoms with van der Waals surface area (Å²) in [5.74, 6) is 0. The van der Waals surface area contributed by atoms with Gasteiger partial charge in [-0.25, -0.2) is 0 Å². The Labute approximate surface area is 70.9 Å². The van der Waals surface area contributed by atoms with Crippen molar-refractivity contribution in [1.29, 1.82) is 0 Å². The molecular weight excluding hydrogens is 164 g/mol. The van der Waals surface area contributed by atoms with Crippen LogP contribution in [0, 0.1) is 0 Å². The average molecular weight is 178 g/mol. The van der Waals surface area contributed by atoms with Gasteiger partial charge in [0, 0.05) is 6.61 Å². The summed E-state index contributed by atoms with van der Waals surface area (Å²) in [6.07, 6.45) is -0.960. The van der Waals surface area contributed by atoms with Gasteiger partial charge in [0.2, 0.25) is 0 Å². The van der Waals surface area contributed by atoms with E-state index in [2.05, 4.69) is 0 Å². The summed E-state index contributed by atoms with van der Waals surface area (Å²) < 4.78 is 15.2. The standard InChI is InChI=1S/C7H14O5/c1-2-10-7-11-5(3-8)6(4-9)12-7/h5-9H,2-4H2,1H3/t5-,6-/m1/s1. The molecule has 0 aromatic rings. The molecule has 1 aliphatic rings. The first kappa shape index (κ1) is 9.88. The van der Waals surface area contributed by atoms with Crippen molar-refractivity contribution in [2.75, 3.05) is 19.8 Å². The number of ether oxygens (including phenoxy) is 3. The van der Waals surface area contributed by atoms with Crippen molar-refractivity contribution in [2.45, 2.75) is 25.6 Å². The number of aliphatic hydroxyl groups excluding tert-OH is 2. The number of hydrogen-bond donors (Lipinski definition) is 2. The van der Waals surface area contributed by atoms with Crippen molar-refractivity contribution in [3.05, 3.63) is 0 Å². The Kier molecular flexibility index (Phi) is 3.90. The van der Waals surface area contributed by atoms with Gasteiger partial charge in [0.25, 0.3) is 6.48 Å². The minimum Gasteiger partial charge on any atom is -0.394 e. The molecule has 2 N–H and O–H groups in total. The minimum absolute atomic E-state index is 0.172. The summed E-state index contributed by atoms with van der Waals surface area (Å²) in [6, 6.07) is 0. The number of rotatable bonds is 4. The zero-order valence-corrected chi connectivity index (χ0v) is 6.97. The molecule has 0 unspecified atom stereocenters. The summed E-state index contributed by atoms with van der Waals surface area (Å²) in [4.78, 5) is 0. The van der Waals surface area contributed by atoms with Crippen LogP contribution in [0.25, 0.3) is 0 Å². The maximum absolute atomic E-state index is 8.78. The molecule has 5 nitrogen and oxygen atoms in total. The molecule has 1 heterocycles. The molecule has 0 aromatic heterocycles. The predicted molar refractivity (Wildman–Crippen MR) is 39.3 cm³/mol. The molecule has 0 amide bonds. The monoisotopic (exact) mass is 178 g/mol. The van der Waals surface area contributed by atoms with Crippen LogP contribution in [0.5, 0.6) is 0 Å². The molecule has 5 heteroatoms. The number of aliphatic hydroxyl groups is 2. The Bertz CT molecular complexity index is 117. The van der Waals surface area contributed by atoms with Crippen LogP contribution >= 0.6 is 0 Å². The van der Waals surface area contributed by atoms with Crippen LogP contribution in [0.3, 0.4) is 0 Å². The molecule has 1 aliphatic heterocycles. The predicted octanol–water partition coefficient (Wildman–Crippen LogP) is -0.925. The first-order valence-corrected chi connectivity index (χ1v) is 3.96. The molecule has 0 saturated carbocycles. The molecule has 1 rings (SSSR count). The smallest absolute Gasteiger partial charge is 0.272 e. The lowest BCUT2D eigenvalue weighted by atomic mass is 10.2. The van der Waals surface area contributed by atoms with E-state index in [-0.39, 0.29) is 13.2 Å². The third kappa shape index (κ3) is 2.15.